The Labute approximate surface area is 189 Å². The Balaban J connectivity index is 1.27. The molecule has 0 radical (unpaired) electrons. The Morgan fingerprint density at radius 1 is 1.09 bits per heavy atom. The lowest BCUT2D eigenvalue weighted by Crippen LogP contribution is -2.23. The van der Waals surface area contributed by atoms with Crippen LogP contribution in [0.25, 0.3) is 11.0 Å². The molecule has 3 aromatic heterocycles. The number of nitrogens with one attached hydrogen (secondary N) is 1. The van der Waals surface area contributed by atoms with E-state index in [-0.39, 0.29) is 5.91 Å². The monoisotopic (exact) mass is 446 g/mol. The van der Waals surface area contributed by atoms with Crippen molar-refractivity contribution in [3.8, 4) is 5.88 Å². The number of pyridine rings is 1. The maximum atomic E-state index is 13.0. The lowest BCUT2D eigenvalue weighted by atomic mass is 10.1. The fourth-order valence-corrected chi connectivity index (χ4v) is 4.10. The number of furan rings is 1. The number of rotatable bonds is 9. The summed E-state index contributed by atoms with van der Waals surface area (Å²) in [7, 11) is 0. The van der Waals surface area contributed by atoms with Gasteiger partial charge in [-0.3, -0.25) is 4.79 Å². The van der Waals surface area contributed by atoms with E-state index in [1.165, 1.54) is 24.6 Å². The second-order valence-electron chi connectivity index (χ2n) is 7.67. The van der Waals surface area contributed by atoms with Gasteiger partial charge in [-0.1, -0.05) is 36.0 Å². The van der Waals surface area contributed by atoms with E-state index in [0.29, 0.717) is 40.6 Å². The van der Waals surface area contributed by atoms with E-state index in [4.69, 9.17) is 9.15 Å². The summed E-state index contributed by atoms with van der Waals surface area (Å²) in [6.45, 7) is 1.07. The summed E-state index contributed by atoms with van der Waals surface area (Å²) in [6.07, 6.45) is 7.61. The number of ether oxygens (including phenoxy) is 1. The number of hydrogen-bond donors (Lipinski definition) is 1. The topological polar surface area (TPSA) is 90.1 Å². The Morgan fingerprint density at radius 3 is 2.72 bits per heavy atom. The minimum Gasteiger partial charge on any atom is -0.477 e. The number of benzene rings is 1. The van der Waals surface area contributed by atoms with Gasteiger partial charge in [0.25, 0.3) is 5.91 Å². The largest absolute Gasteiger partial charge is 0.477 e. The van der Waals surface area contributed by atoms with Crippen LogP contribution < -0.4 is 10.1 Å². The van der Waals surface area contributed by atoms with Gasteiger partial charge in [-0.2, -0.15) is 0 Å². The third kappa shape index (κ3) is 4.91. The number of carbonyl (C=O) groups excluding carboxylic acids is 1. The number of para-hydroxylation sites is 1. The molecule has 0 spiro atoms. The van der Waals surface area contributed by atoms with Crippen LogP contribution in [0.5, 0.6) is 5.88 Å². The van der Waals surface area contributed by atoms with Crippen molar-refractivity contribution in [1.82, 2.24) is 20.3 Å². The van der Waals surface area contributed by atoms with Crippen LogP contribution in [0, 0.1) is 5.92 Å². The summed E-state index contributed by atoms with van der Waals surface area (Å²) in [5, 5.41) is 4.51. The Kier molecular flexibility index (Phi) is 6.02. The quantitative estimate of drug-likeness (QED) is 0.296. The zero-order valence-electron chi connectivity index (χ0n) is 17.4. The second kappa shape index (κ2) is 9.40. The number of hydrogen-bond acceptors (Lipinski definition) is 7. The standard InChI is InChI=1S/C24H22N4O3S/c29-23(28-13-17-8-9-21(27-12-17)30-14-16-6-7-16)22-19(15-32-24-25-10-3-11-26-24)18-4-1-2-5-20(18)31-22/h1-5,8-12,16H,6-7,13-15H2,(H,28,29). The van der Waals surface area contributed by atoms with Crippen molar-refractivity contribution in [2.75, 3.05) is 6.61 Å². The fraction of sp³-hybridized carbons (Fsp3) is 0.250. The molecule has 4 aromatic rings. The predicted molar refractivity (Wildman–Crippen MR) is 121 cm³/mol. The van der Waals surface area contributed by atoms with Crippen molar-refractivity contribution in [1.29, 1.82) is 0 Å². The van der Waals surface area contributed by atoms with Crippen molar-refractivity contribution in [2.45, 2.75) is 30.3 Å². The molecule has 1 aliphatic carbocycles. The van der Waals surface area contributed by atoms with E-state index in [2.05, 4.69) is 20.3 Å². The highest BCUT2D eigenvalue weighted by atomic mass is 32.2. The van der Waals surface area contributed by atoms with Crippen LogP contribution in [0.15, 0.2) is 70.6 Å². The molecule has 1 aliphatic rings. The number of amides is 1. The molecule has 162 valence electrons. The first kappa shape index (κ1) is 20.5. The number of thioether (sulfide) groups is 1. The maximum absolute atomic E-state index is 13.0. The van der Waals surface area contributed by atoms with E-state index < -0.39 is 0 Å². The number of fused-ring (bicyclic) bond motifs is 1. The first-order valence-electron chi connectivity index (χ1n) is 10.5. The minimum atomic E-state index is -0.264. The SMILES string of the molecule is O=C(NCc1ccc(OCC2CC2)nc1)c1oc2ccccc2c1CSc1ncccn1. The number of nitrogens with zero attached hydrogens (tertiary/aromatic N) is 3. The molecule has 7 nitrogen and oxygen atoms in total. The highest BCUT2D eigenvalue weighted by Crippen LogP contribution is 2.31. The molecule has 0 aliphatic heterocycles. The third-order valence-electron chi connectivity index (χ3n) is 5.21. The molecule has 0 saturated heterocycles. The van der Waals surface area contributed by atoms with Crippen molar-refractivity contribution in [3.63, 3.8) is 0 Å². The van der Waals surface area contributed by atoms with Crippen LogP contribution in [0.1, 0.15) is 34.5 Å². The van der Waals surface area contributed by atoms with Crippen LogP contribution in [-0.4, -0.2) is 27.5 Å². The summed E-state index contributed by atoms with van der Waals surface area (Å²) in [5.41, 5.74) is 2.40. The summed E-state index contributed by atoms with van der Waals surface area (Å²) >= 11 is 1.47. The third-order valence-corrected chi connectivity index (χ3v) is 6.11. The van der Waals surface area contributed by atoms with Crippen molar-refractivity contribution >= 4 is 28.6 Å². The molecule has 8 heteroatoms. The van der Waals surface area contributed by atoms with Crippen molar-refractivity contribution in [2.24, 2.45) is 5.92 Å². The maximum Gasteiger partial charge on any atom is 0.287 e. The summed E-state index contributed by atoms with van der Waals surface area (Å²) in [4.78, 5) is 25.8. The Morgan fingerprint density at radius 2 is 1.94 bits per heavy atom. The van der Waals surface area contributed by atoms with Crippen LogP contribution in [-0.2, 0) is 12.3 Å². The number of aromatic nitrogens is 3. The molecule has 5 rings (SSSR count). The predicted octanol–water partition coefficient (Wildman–Crippen LogP) is 4.63. The molecule has 1 aromatic carbocycles. The van der Waals surface area contributed by atoms with Gasteiger partial charge in [-0.05, 0) is 36.5 Å². The van der Waals surface area contributed by atoms with E-state index in [0.717, 1.165) is 23.1 Å². The van der Waals surface area contributed by atoms with Gasteiger partial charge in [0.05, 0.1) is 6.61 Å². The van der Waals surface area contributed by atoms with Crippen LogP contribution in [0.3, 0.4) is 0 Å². The van der Waals surface area contributed by atoms with Gasteiger partial charge in [0, 0.05) is 47.9 Å². The smallest absolute Gasteiger partial charge is 0.287 e. The van der Waals surface area contributed by atoms with Crippen LogP contribution in [0.2, 0.25) is 0 Å². The molecular formula is C24H22N4O3S. The van der Waals surface area contributed by atoms with Gasteiger partial charge < -0.3 is 14.5 Å². The highest BCUT2D eigenvalue weighted by molar-refractivity contribution is 7.98. The average molecular weight is 447 g/mol. The molecule has 1 amide bonds. The zero-order chi connectivity index (χ0) is 21.8. The Bertz CT molecular complexity index is 1210. The lowest BCUT2D eigenvalue weighted by molar-refractivity contribution is 0.0924. The lowest BCUT2D eigenvalue weighted by Gasteiger charge is -2.07. The van der Waals surface area contributed by atoms with E-state index in [1.807, 2.05) is 36.4 Å². The van der Waals surface area contributed by atoms with E-state index in [1.54, 1.807) is 24.7 Å². The Hall–Kier alpha value is -3.39. The molecule has 0 atom stereocenters. The summed E-state index contributed by atoms with van der Waals surface area (Å²) < 4.78 is 11.6. The summed E-state index contributed by atoms with van der Waals surface area (Å²) in [6, 6.07) is 13.2. The molecule has 0 bridgehead atoms. The van der Waals surface area contributed by atoms with E-state index in [9.17, 15) is 4.79 Å². The molecular weight excluding hydrogens is 424 g/mol. The minimum absolute atomic E-state index is 0.264. The van der Waals surface area contributed by atoms with Gasteiger partial charge >= 0.3 is 0 Å². The first-order chi connectivity index (χ1) is 15.8. The van der Waals surface area contributed by atoms with Gasteiger partial charge in [-0.15, -0.1) is 0 Å². The molecule has 1 saturated carbocycles. The van der Waals surface area contributed by atoms with Gasteiger partial charge in [0.2, 0.25) is 5.88 Å². The molecule has 3 heterocycles. The van der Waals surface area contributed by atoms with Gasteiger partial charge in [0.1, 0.15) is 5.58 Å². The van der Waals surface area contributed by atoms with E-state index >= 15 is 0 Å². The zero-order valence-corrected chi connectivity index (χ0v) is 18.2. The van der Waals surface area contributed by atoms with Crippen LogP contribution in [0.4, 0.5) is 0 Å². The molecule has 32 heavy (non-hydrogen) atoms. The fourth-order valence-electron chi connectivity index (χ4n) is 3.27. The molecule has 0 unspecified atom stereocenters. The average Bonchev–Trinajstić information content (AvgIpc) is 3.60. The second-order valence-corrected chi connectivity index (χ2v) is 8.61. The normalized spacial score (nSPS) is 13.2. The van der Waals surface area contributed by atoms with Crippen molar-refractivity contribution < 1.29 is 13.9 Å². The summed E-state index contributed by atoms with van der Waals surface area (Å²) in [5.74, 6) is 1.87. The molecule has 1 fully saturated rings. The first-order valence-corrected chi connectivity index (χ1v) is 11.5. The van der Waals surface area contributed by atoms with Crippen molar-refractivity contribution in [3.05, 3.63) is 77.9 Å². The van der Waals surface area contributed by atoms with Gasteiger partial charge in [-0.25, -0.2) is 15.0 Å². The highest BCUT2D eigenvalue weighted by Gasteiger charge is 2.22. The van der Waals surface area contributed by atoms with Gasteiger partial charge in [0.15, 0.2) is 10.9 Å². The van der Waals surface area contributed by atoms with Crippen LogP contribution >= 0.6 is 11.8 Å². The molecule has 1 N–H and O–H groups in total. The number of carbonyl (C=O) groups is 1.